The van der Waals surface area contributed by atoms with Crippen LogP contribution in [0, 0.1) is 6.92 Å². The molecule has 2 bridgehead atoms. The number of aromatic nitrogens is 2. The largest absolute Gasteiger partial charge is 0.393 e. The van der Waals surface area contributed by atoms with Crippen LogP contribution < -0.4 is 0 Å². The highest BCUT2D eigenvalue weighted by Crippen LogP contribution is 2.39. The maximum absolute atomic E-state index is 12.9. The van der Waals surface area contributed by atoms with Gasteiger partial charge in [0.15, 0.2) is 5.03 Å². The Labute approximate surface area is 125 Å². The van der Waals surface area contributed by atoms with Crippen LogP contribution in [0.3, 0.4) is 0 Å². The smallest absolute Gasteiger partial charge is 0.262 e. The molecule has 7 heteroatoms. The molecule has 0 saturated carbocycles. The monoisotopic (exact) mass is 313 g/mol. The Morgan fingerprint density at radius 1 is 1.33 bits per heavy atom. The second kappa shape index (κ2) is 5.37. The molecule has 2 fully saturated rings. The van der Waals surface area contributed by atoms with Crippen LogP contribution in [0.15, 0.2) is 11.2 Å². The SMILES string of the molecule is CCCn1cc(S(=O)(=O)N2C3CCC2CC(O)C3)nc1C. The molecular weight excluding hydrogens is 290 g/mol. The molecule has 0 aliphatic carbocycles. The van der Waals surface area contributed by atoms with E-state index in [1.165, 1.54) is 0 Å². The predicted octanol–water partition coefficient (Wildman–Crippen LogP) is 1.28. The Bertz CT molecular complexity index is 611. The number of piperidine rings is 1. The Morgan fingerprint density at radius 2 is 1.95 bits per heavy atom. The van der Waals surface area contributed by atoms with Gasteiger partial charge in [-0.2, -0.15) is 4.31 Å². The average Bonchev–Trinajstić information content (AvgIpc) is 2.91. The lowest BCUT2D eigenvalue weighted by atomic mass is 10.0. The van der Waals surface area contributed by atoms with Crippen molar-refractivity contribution in [3.05, 3.63) is 12.0 Å². The van der Waals surface area contributed by atoms with Crippen LogP contribution in [0.4, 0.5) is 0 Å². The third kappa shape index (κ3) is 2.51. The number of fused-ring (bicyclic) bond motifs is 2. The number of aliphatic hydroxyl groups excluding tert-OH is 1. The molecule has 2 saturated heterocycles. The molecule has 3 heterocycles. The summed E-state index contributed by atoms with van der Waals surface area (Å²) in [6, 6.07) is -0.138. The van der Waals surface area contributed by atoms with E-state index in [9.17, 15) is 13.5 Å². The number of sulfonamides is 1. The molecule has 1 N–H and O–H groups in total. The van der Waals surface area contributed by atoms with Crippen molar-refractivity contribution in [2.24, 2.45) is 0 Å². The minimum atomic E-state index is -3.55. The summed E-state index contributed by atoms with van der Waals surface area (Å²) >= 11 is 0. The zero-order chi connectivity index (χ0) is 15.2. The second-order valence-electron chi connectivity index (χ2n) is 6.16. The number of aryl methyl sites for hydroxylation is 2. The molecule has 1 aromatic rings. The third-order valence-electron chi connectivity index (χ3n) is 4.60. The van der Waals surface area contributed by atoms with Gasteiger partial charge in [-0.1, -0.05) is 6.92 Å². The third-order valence-corrected chi connectivity index (χ3v) is 6.48. The zero-order valence-corrected chi connectivity index (χ0v) is 13.4. The normalized spacial score (nSPS) is 30.0. The molecule has 2 aliphatic rings. The van der Waals surface area contributed by atoms with E-state index >= 15 is 0 Å². The number of nitrogens with zero attached hydrogens (tertiary/aromatic N) is 3. The van der Waals surface area contributed by atoms with Gasteiger partial charge < -0.3 is 9.67 Å². The summed E-state index contributed by atoms with van der Waals surface area (Å²) in [6.07, 6.45) is 5.00. The van der Waals surface area contributed by atoms with Crippen LogP contribution >= 0.6 is 0 Å². The number of hydrogen-bond donors (Lipinski definition) is 1. The second-order valence-corrected chi connectivity index (χ2v) is 7.95. The van der Waals surface area contributed by atoms with Gasteiger partial charge in [0, 0.05) is 24.8 Å². The summed E-state index contributed by atoms with van der Waals surface area (Å²) in [5.74, 6) is 0.736. The first kappa shape index (κ1) is 15.0. The van der Waals surface area contributed by atoms with Crippen molar-refractivity contribution in [3.8, 4) is 0 Å². The minimum absolute atomic E-state index is 0.0691. The van der Waals surface area contributed by atoms with Crippen LogP contribution in [0.25, 0.3) is 0 Å². The quantitative estimate of drug-likeness (QED) is 0.908. The van der Waals surface area contributed by atoms with E-state index < -0.39 is 10.0 Å². The molecule has 118 valence electrons. The van der Waals surface area contributed by atoms with Crippen LogP contribution in [0.5, 0.6) is 0 Å². The fourth-order valence-corrected chi connectivity index (χ4v) is 5.57. The molecule has 2 unspecified atom stereocenters. The zero-order valence-electron chi connectivity index (χ0n) is 12.6. The molecule has 6 nitrogen and oxygen atoms in total. The molecule has 2 atom stereocenters. The van der Waals surface area contributed by atoms with Crippen molar-refractivity contribution < 1.29 is 13.5 Å². The highest BCUT2D eigenvalue weighted by atomic mass is 32.2. The fraction of sp³-hybridized carbons (Fsp3) is 0.786. The van der Waals surface area contributed by atoms with Gasteiger partial charge in [0.1, 0.15) is 5.82 Å². The average molecular weight is 313 g/mol. The Hall–Kier alpha value is -0.920. The first-order valence-corrected chi connectivity index (χ1v) is 9.13. The van der Waals surface area contributed by atoms with Gasteiger partial charge in [-0.25, -0.2) is 13.4 Å². The number of imidazole rings is 1. The minimum Gasteiger partial charge on any atom is -0.393 e. The van der Waals surface area contributed by atoms with Crippen molar-refractivity contribution in [1.82, 2.24) is 13.9 Å². The van der Waals surface area contributed by atoms with Gasteiger partial charge in [-0.05, 0) is 39.0 Å². The number of rotatable bonds is 4. The Kier molecular flexibility index (Phi) is 3.83. The molecule has 0 radical (unpaired) electrons. The maximum atomic E-state index is 12.9. The first-order valence-electron chi connectivity index (χ1n) is 7.69. The van der Waals surface area contributed by atoms with Crippen LogP contribution in [0.1, 0.15) is 44.9 Å². The van der Waals surface area contributed by atoms with Crippen LogP contribution in [0.2, 0.25) is 0 Å². The molecular formula is C14H23N3O3S. The summed E-state index contributed by atoms with van der Waals surface area (Å²) in [5, 5.41) is 9.98. The molecule has 0 spiro atoms. The molecule has 1 aromatic heterocycles. The molecule has 21 heavy (non-hydrogen) atoms. The van der Waals surface area contributed by atoms with Crippen LogP contribution in [-0.4, -0.2) is 45.6 Å². The van der Waals surface area contributed by atoms with Crippen molar-refractivity contribution >= 4 is 10.0 Å². The molecule has 0 amide bonds. The van der Waals surface area contributed by atoms with E-state index in [1.807, 2.05) is 11.5 Å². The van der Waals surface area contributed by atoms with Gasteiger partial charge in [-0.3, -0.25) is 0 Å². The molecule has 2 aliphatic heterocycles. The molecule has 0 aromatic carbocycles. The number of hydrogen-bond acceptors (Lipinski definition) is 4. The van der Waals surface area contributed by atoms with E-state index in [1.54, 1.807) is 10.5 Å². The van der Waals surface area contributed by atoms with E-state index in [-0.39, 0.29) is 23.2 Å². The Morgan fingerprint density at radius 3 is 2.52 bits per heavy atom. The number of aliphatic hydroxyl groups is 1. The van der Waals surface area contributed by atoms with E-state index in [0.29, 0.717) is 12.8 Å². The summed E-state index contributed by atoms with van der Waals surface area (Å²) in [4.78, 5) is 4.26. The summed E-state index contributed by atoms with van der Waals surface area (Å²) in [6.45, 7) is 4.67. The van der Waals surface area contributed by atoms with Gasteiger partial charge in [-0.15, -0.1) is 0 Å². The van der Waals surface area contributed by atoms with Crippen molar-refractivity contribution in [3.63, 3.8) is 0 Å². The van der Waals surface area contributed by atoms with Crippen molar-refractivity contribution in [2.75, 3.05) is 0 Å². The van der Waals surface area contributed by atoms with Crippen molar-refractivity contribution in [2.45, 2.75) is 75.7 Å². The van der Waals surface area contributed by atoms with Gasteiger partial charge >= 0.3 is 0 Å². The highest BCUT2D eigenvalue weighted by molar-refractivity contribution is 7.89. The van der Waals surface area contributed by atoms with Crippen LogP contribution in [-0.2, 0) is 16.6 Å². The standard InChI is InChI=1S/C14H23N3O3S/c1-3-6-16-9-14(15-10(16)2)21(19,20)17-11-4-5-12(17)8-13(18)7-11/h9,11-13,18H,3-8H2,1-2H3. The summed E-state index contributed by atoms with van der Waals surface area (Å²) in [5.41, 5.74) is 0. The highest BCUT2D eigenvalue weighted by Gasteiger charge is 2.47. The van der Waals surface area contributed by atoms with Gasteiger partial charge in [0.2, 0.25) is 0 Å². The first-order chi connectivity index (χ1) is 9.93. The fourth-order valence-electron chi connectivity index (χ4n) is 3.68. The summed E-state index contributed by atoms with van der Waals surface area (Å²) in [7, 11) is -3.55. The lowest BCUT2D eigenvalue weighted by Crippen LogP contribution is -2.47. The van der Waals surface area contributed by atoms with E-state index in [0.717, 1.165) is 31.6 Å². The summed E-state index contributed by atoms with van der Waals surface area (Å²) < 4.78 is 29.3. The Balaban J connectivity index is 1.92. The lowest BCUT2D eigenvalue weighted by molar-refractivity contribution is 0.0767. The maximum Gasteiger partial charge on any atom is 0.262 e. The lowest BCUT2D eigenvalue weighted by Gasteiger charge is -2.35. The van der Waals surface area contributed by atoms with E-state index in [4.69, 9.17) is 0 Å². The van der Waals surface area contributed by atoms with Gasteiger partial charge in [0.25, 0.3) is 10.0 Å². The predicted molar refractivity (Wildman–Crippen MR) is 78.3 cm³/mol. The topological polar surface area (TPSA) is 75.4 Å². The van der Waals surface area contributed by atoms with E-state index in [2.05, 4.69) is 11.9 Å². The molecule has 3 rings (SSSR count). The van der Waals surface area contributed by atoms with Gasteiger partial charge in [0.05, 0.1) is 6.10 Å². The van der Waals surface area contributed by atoms with Crippen molar-refractivity contribution in [1.29, 1.82) is 0 Å².